The van der Waals surface area contributed by atoms with Gasteiger partial charge in [-0.1, -0.05) is 75.8 Å². The molecule has 8 heteroatoms. The summed E-state index contributed by atoms with van der Waals surface area (Å²) < 4.78 is 11.1. The molecule has 0 spiro atoms. The van der Waals surface area contributed by atoms with Gasteiger partial charge in [-0.25, -0.2) is 0 Å². The molecule has 2 rings (SSSR count). The third-order valence-electron chi connectivity index (χ3n) is 7.30. The summed E-state index contributed by atoms with van der Waals surface area (Å²) in [6.45, 7) is 12.5. The number of hydrogen-bond acceptors (Lipinski definition) is 6. The molecule has 0 radical (unpaired) electrons. The van der Waals surface area contributed by atoms with E-state index in [0.717, 1.165) is 30.4 Å². The quantitative estimate of drug-likeness (QED) is 0.197. The van der Waals surface area contributed by atoms with Crippen LogP contribution in [0, 0.1) is 5.92 Å². The van der Waals surface area contributed by atoms with Crippen LogP contribution in [0.4, 0.5) is 0 Å². The zero-order chi connectivity index (χ0) is 30.9. The van der Waals surface area contributed by atoms with Crippen molar-refractivity contribution in [2.75, 3.05) is 27.3 Å². The Hall–Kier alpha value is -3.62. The van der Waals surface area contributed by atoms with Gasteiger partial charge in [-0.15, -0.1) is 6.58 Å². The average Bonchev–Trinajstić information content (AvgIpc) is 3.00. The maximum absolute atomic E-state index is 13.6. The van der Waals surface area contributed by atoms with Crippen molar-refractivity contribution in [3.63, 3.8) is 0 Å². The molecule has 0 saturated carbocycles. The molecule has 42 heavy (non-hydrogen) atoms. The molecular formula is C34H49N3O5. The molecule has 3 N–H and O–H groups in total. The molecule has 0 aliphatic heterocycles. The second-order valence-electron chi connectivity index (χ2n) is 10.6. The fourth-order valence-electron chi connectivity index (χ4n) is 4.77. The Bertz CT molecular complexity index is 1120. The van der Waals surface area contributed by atoms with Gasteiger partial charge in [0.2, 0.25) is 11.8 Å². The second kappa shape index (κ2) is 18.7. The highest BCUT2D eigenvalue weighted by Gasteiger charge is 2.31. The Morgan fingerprint density at radius 1 is 1.12 bits per heavy atom. The zero-order valence-corrected chi connectivity index (χ0v) is 25.7. The monoisotopic (exact) mass is 579 g/mol. The summed E-state index contributed by atoms with van der Waals surface area (Å²) in [5.41, 5.74) is 1.85. The van der Waals surface area contributed by atoms with Gasteiger partial charge in [-0.3, -0.25) is 9.59 Å². The average molecular weight is 580 g/mol. The van der Waals surface area contributed by atoms with Crippen LogP contribution in [-0.2, 0) is 22.6 Å². The summed E-state index contributed by atoms with van der Waals surface area (Å²) in [5.74, 6) is 0.826. The number of carbonyl (C=O) groups excluding carboxylic acids is 2. The number of methoxy groups -OCH3 is 1. The van der Waals surface area contributed by atoms with E-state index >= 15 is 0 Å². The first-order valence-electron chi connectivity index (χ1n) is 14.8. The Kier molecular flexibility index (Phi) is 15.4. The summed E-state index contributed by atoms with van der Waals surface area (Å²) in [6.07, 6.45) is 5.88. The lowest BCUT2D eigenvalue weighted by Crippen LogP contribution is -2.55. The number of aliphatic hydroxyl groups excluding tert-OH is 1. The van der Waals surface area contributed by atoms with Crippen LogP contribution in [-0.4, -0.2) is 67.3 Å². The van der Waals surface area contributed by atoms with Gasteiger partial charge in [-0.05, 0) is 43.0 Å². The Labute approximate surface area is 251 Å². The van der Waals surface area contributed by atoms with Crippen molar-refractivity contribution < 1.29 is 24.2 Å². The number of likely N-dealkylation sites (N-methyl/N-ethyl adjacent to an activating group) is 1. The van der Waals surface area contributed by atoms with Crippen LogP contribution < -0.4 is 20.1 Å². The topological polar surface area (TPSA) is 100 Å². The maximum Gasteiger partial charge on any atom is 0.243 e. The molecule has 0 heterocycles. The van der Waals surface area contributed by atoms with Crippen molar-refractivity contribution >= 4 is 11.8 Å². The first kappa shape index (κ1) is 34.6. The van der Waals surface area contributed by atoms with Crippen molar-refractivity contribution in [1.29, 1.82) is 0 Å². The molecule has 2 amide bonds. The number of aliphatic hydroxyl groups is 1. The number of nitrogens with one attached hydrogen (secondary N) is 2. The number of amides is 2. The number of benzene rings is 2. The van der Waals surface area contributed by atoms with Crippen LogP contribution in [0.1, 0.15) is 50.7 Å². The predicted molar refractivity (Wildman–Crippen MR) is 169 cm³/mol. The summed E-state index contributed by atoms with van der Waals surface area (Å²) in [4.78, 5) is 28.3. The number of rotatable bonds is 20. The van der Waals surface area contributed by atoms with E-state index in [1.807, 2.05) is 55.5 Å². The van der Waals surface area contributed by atoms with E-state index in [-0.39, 0.29) is 24.3 Å². The molecule has 2 aromatic rings. The van der Waals surface area contributed by atoms with Crippen LogP contribution >= 0.6 is 0 Å². The summed E-state index contributed by atoms with van der Waals surface area (Å²) in [5, 5.41) is 17.6. The molecule has 2 unspecified atom stereocenters. The van der Waals surface area contributed by atoms with Crippen LogP contribution in [0.25, 0.3) is 0 Å². The van der Waals surface area contributed by atoms with Gasteiger partial charge in [-0.2, -0.15) is 0 Å². The van der Waals surface area contributed by atoms with Gasteiger partial charge in [0.15, 0.2) is 0 Å². The minimum atomic E-state index is -0.911. The predicted octanol–water partition coefficient (Wildman–Crippen LogP) is 4.67. The number of unbranched alkanes of at least 4 members (excludes halogenated alkanes) is 1. The summed E-state index contributed by atoms with van der Waals surface area (Å²) in [7, 11) is 3.27. The molecule has 2 aromatic carbocycles. The zero-order valence-electron chi connectivity index (χ0n) is 25.7. The van der Waals surface area contributed by atoms with Crippen LogP contribution in [0.5, 0.6) is 11.5 Å². The number of nitrogens with zero attached hydrogens (tertiary/aromatic N) is 1. The Balaban J connectivity index is 2.17. The Morgan fingerprint density at radius 2 is 1.86 bits per heavy atom. The van der Waals surface area contributed by atoms with E-state index in [9.17, 15) is 14.7 Å². The van der Waals surface area contributed by atoms with Crippen LogP contribution in [0.2, 0.25) is 0 Å². The smallest absolute Gasteiger partial charge is 0.243 e. The number of carbonyl (C=O) groups is 2. The van der Waals surface area contributed by atoms with Crippen molar-refractivity contribution in [3.8, 4) is 11.5 Å². The molecule has 4 atom stereocenters. The first-order chi connectivity index (χ1) is 20.2. The van der Waals surface area contributed by atoms with E-state index in [0.29, 0.717) is 37.5 Å². The SMILES string of the molecule is C=CCOc1ccc(OC)cc1CNC[C@@H](O)[C@H](Cc1ccccc1)NC(=O)C(CC=C)N(C)C(=O)C(C)CCCC. The molecule has 0 fully saturated rings. The third kappa shape index (κ3) is 11.0. The van der Waals surface area contributed by atoms with Crippen LogP contribution in [0.15, 0.2) is 73.8 Å². The van der Waals surface area contributed by atoms with E-state index in [2.05, 4.69) is 30.7 Å². The molecule has 0 aliphatic carbocycles. The van der Waals surface area contributed by atoms with E-state index in [1.165, 1.54) is 4.90 Å². The highest BCUT2D eigenvalue weighted by atomic mass is 16.5. The molecule has 0 bridgehead atoms. The molecule has 0 aromatic heterocycles. The summed E-state index contributed by atoms with van der Waals surface area (Å²) >= 11 is 0. The van der Waals surface area contributed by atoms with Gasteiger partial charge < -0.3 is 30.1 Å². The van der Waals surface area contributed by atoms with Crippen molar-refractivity contribution in [2.24, 2.45) is 5.92 Å². The molecule has 230 valence electrons. The maximum atomic E-state index is 13.6. The highest BCUT2D eigenvalue weighted by molar-refractivity contribution is 5.88. The lowest BCUT2D eigenvalue weighted by Gasteiger charge is -2.32. The molecule has 0 aliphatic rings. The lowest BCUT2D eigenvalue weighted by atomic mass is 9.99. The standard InChI is InChI=1S/C34H49N3O5/c1-7-10-15-25(4)34(40)37(5)30(14-8-2)33(39)36-29(21-26-16-12-11-13-17-26)31(38)24-35-23-27-22-28(41-6)18-19-32(27)42-20-9-3/h8-9,11-13,16-19,22,25,29-31,35,38H,2-3,7,10,14-15,20-21,23-24H2,1,4-6H3,(H,36,39)/t25?,29-,30?,31+/m0/s1. The lowest BCUT2D eigenvalue weighted by molar-refractivity contribution is -0.142. The van der Waals surface area contributed by atoms with Gasteiger partial charge in [0.1, 0.15) is 24.1 Å². The van der Waals surface area contributed by atoms with E-state index in [4.69, 9.17) is 9.47 Å². The fraction of sp³-hybridized carbons (Fsp3) is 0.471. The van der Waals surface area contributed by atoms with Crippen molar-refractivity contribution in [2.45, 2.75) is 70.7 Å². The molecular weight excluding hydrogens is 530 g/mol. The molecule has 0 saturated heterocycles. The van der Waals surface area contributed by atoms with Gasteiger partial charge in [0, 0.05) is 31.6 Å². The first-order valence-corrected chi connectivity index (χ1v) is 14.8. The fourth-order valence-corrected chi connectivity index (χ4v) is 4.77. The molecule has 8 nitrogen and oxygen atoms in total. The largest absolute Gasteiger partial charge is 0.497 e. The van der Waals surface area contributed by atoms with Gasteiger partial charge >= 0.3 is 0 Å². The minimum absolute atomic E-state index is 0.0694. The third-order valence-corrected chi connectivity index (χ3v) is 7.30. The van der Waals surface area contributed by atoms with Gasteiger partial charge in [0.25, 0.3) is 0 Å². The van der Waals surface area contributed by atoms with E-state index < -0.39 is 18.2 Å². The van der Waals surface area contributed by atoms with Crippen molar-refractivity contribution in [3.05, 3.63) is 85.0 Å². The van der Waals surface area contributed by atoms with Crippen molar-refractivity contribution in [1.82, 2.24) is 15.5 Å². The van der Waals surface area contributed by atoms with E-state index in [1.54, 1.807) is 26.3 Å². The van der Waals surface area contributed by atoms with Crippen LogP contribution in [0.3, 0.4) is 0 Å². The second-order valence-corrected chi connectivity index (χ2v) is 10.6. The Morgan fingerprint density at radius 3 is 2.50 bits per heavy atom. The normalized spacial score (nSPS) is 13.7. The minimum Gasteiger partial charge on any atom is -0.497 e. The summed E-state index contributed by atoms with van der Waals surface area (Å²) in [6, 6.07) is 13.9. The number of hydrogen-bond donors (Lipinski definition) is 3. The van der Waals surface area contributed by atoms with Gasteiger partial charge in [0.05, 0.1) is 19.3 Å². The highest BCUT2D eigenvalue weighted by Crippen LogP contribution is 2.24. The number of ether oxygens (including phenoxy) is 2.